The van der Waals surface area contributed by atoms with E-state index in [4.69, 9.17) is 4.52 Å². The Kier molecular flexibility index (Phi) is 3.90. The Morgan fingerprint density at radius 3 is 2.79 bits per heavy atom. The molecular formula is C13H13F3N2O. The normalized spacial score (nSPS) is 11.8. The number of alkyl halides is 3. The summed E-state index contributed by atoms with van der Waals surface area (Å²) in [5.41, 5.74) is 0.384. The van der Waals surface area contributed by atoms with Crippen LogP contribution in [0.3, 0.4) is 0 Å². The number of likely N-dealkylation sites (N-methyl/N-ethyl adjacent to an activating group) is 1. The Balaban J connectivity index is 2.34. The number of rotatable bonds is 4. The van der Waals surface area contributed by atoms with Crippen molar-refractivity contribution in [1.82, 2.24) is 10.5 Å². The molecule has 3 nitrogen and oxygen atoms in total. The summed E-state index contributed by atoms with van der Waals surface area (Å²) in [5.74, 6) is 0.577. The maximum Gasteiger partial charge on any atom is 0.416 e. The maximum atomic E-state index is 12.7. The summed E-state index contributed by atoms with van der Waals surface area (Å²) in [5, 5.41) is 6.61. The van der Waals surface area contributed by atoms with Crippen LogP contribution in [0, 0.1) is 0 Å². The van der Waals surface area contributed by atoms with Crippen LogP contribution in [-0.2, 0) is 12.6 Å². The lowest BCUT2D eigenvalue weighted by Gasteiger charge is -2.08. The highest BCUT2D eigenvalue weighted by molar-refractivity contribution is 5.65. The van der Waals surface area contributed by atoms with Crippen LogP contribution in [0.1, 0.15) is 11.3 Å². The average molecular weight is 270 g/mol. The molecule has 2 aromatic rings. The first kappa shape index (κ1) is 13.6. The monoisotopic (exact) mass is 270 g/mol. The maximum absolute atomic E-state index is 12.7. The second-order valence-corrected chi connectivity index (χ2v) is 4.09. The zero-order chi connectivity index (χ0) is 13.9. The second kappa shape index (κ2) is 5.44. The van der Waals surface area contributed by atoms with Crippen molar-refractivity contribution in [3.05, 3.63) is 41.8 Å². The SMILES string of the molecule is CNCCc1oncc1-c1cccc(C(F)(F)F)c1. The molecule has 1 N–H and O–H groups in total. The van der Waals surface area contributed by atoms with Crippen LogP contribution in [0.5, 0.6) is 0 Å². The van der Waals surface area contributed by atoms with Gasteiger partial charge in [0.1, 0.15) is 5.76 Å². The number of benzene rings is 1. The number of hydrogen-bond donors (Lipinski definition) is 1. The summed E-state index contributed by atoms with van der Waals surface area (Å²) >= 11 is 0. The molecule has 0 radical (unpaired) electrons. The fraction of sp³-hybridized carbons (Fsp3) is 0.308. The molecule has 0 bridgehead atoms. The largest absolute Gasteiger partial charge is 0.416 e. The molecule has 0 spiro atoms. The molecule has 102 valence electrons. The molecule has 0 fully saturated rings. The van der Waals surface area contributed by atoms with Crippen molar-refractivity contribution in [1.29, 1.82) is 0 Å². The highest BCUT2D eigenvalue weighted by Gasteiger charge is 2.30. The van der Waals surface area contributed by atoms with Crippen molar-refractivity contribution in [3.8, 4) is 11.1 Å². The van der Waals surface area contributed by atoms with Gasteiger partial charge in [-0.2, -0.15) is 13.2 Å². The van der Waals surface area contributed by atoms with E-state index >= 15 is 0 Å². The van der Waals surface area contributed by atoms with Crippen LogP contribution >= 0.6 is 0 Å². The molecule has 19 heavy (non-hydrogen) atoms. The van der Waals surface area contributed by atoms with E-state index in [-0.39, 0.29) is 0 Å². The number of nitrogens with zero attached hydrogens (tertiary/aromatic N) is 1. The molecular weight excluding hydrogens is 257 g/mol. The number of nitrogens with one attached hydrogen (secondary N) is 1. The molecule has 0 aliphatic heterocycles. The lowest BCUT2D eigenvalue weighted by Crippen LogP contribution is -2.10. The predicted octanol–water partition coefficient (Wildman–Crippen LogP) is 3.12. The molecule has 0 amide bonds. The number of hydrogen-bond acceptors (Lipinski definition) is 3. The van der Waals surface area contributed by atoms with Crippen LogP contribution in [-0.4, -0.2) is 18.7 Å². The Morgan fingerprint density at radius 1 is 1.32 bits per heavy atom. The number of aromatic nitrogens is 1. The molecule has 0 saturated carbocycles. The Hall–Kier alpha value is -1.82. The minimum Gasteiger partial charge on any atom is -0.361 e. The minimum absolute atomic E-state index is 0.460. The van der Waals surface area contributed by atoms with E-state index in [1.165, 1.54) is 12.3 Å². The van der Waals surface area contributed by atoms with Crippen molar-refractivity contribution in [2.24, 2.45) is 0 Å². The number of halogens is 3. The second-order valence-electron chi connectivity index (χ2n) is 4.09. The highest BCUT2D eigenvalue weighted by Crippen LogP contribution is 2.33. The first-order valence-corrected chi connectivity index (χ1v) is 5.78. The van der Waals surface area contributed by atoms with Crippen molar-refractivity contribution < 1.29 is 17.7 Å². The predicted molar refractivity (Wildman–Crippen MR) is 64.6 cm³/mol. The first-order chi connectivity index (χ1) is 9.02. The molecule has 0 atom stereocenters. The van der Waals surface area contributed by atoms with E-state index < -0.39 is 11.7 Å². The third-order valence-electron chi connectivity index (χ3n) is 2.75. The van der Waals surface area contributed by atoms with Gasteiger partial charge in [0.25, 0.3) is 0 Å². The summed E-state index contributed by atoms with van der Waals surface area (Å²) in [6.07, 6.45) is -2.33. The Labute approximate surface area is 108 Å². The molecule has 1 aromatic carbocycles. The Morgan fingerprint density at radius 2 is 2.11 bits per heavy atom. The third-order valence-corrected chi connectivity index (χ3v) is 2.75. The van der Waals surface area contributed by atoms with Crippen molar-refractivity contribution >= 4 is 0 Å². The van der Waals surface area contributed by atoms with Crippen molar-refractivity contribution in [2.45, 2.75) is 12.6 Å². The van der Waals surface area contributed by atoms with Crippen LogP contribution in [0.4, 0.5) is 13.2 Å². The molecule has 1 heterocycles. The molecule has 0 unspecified atom stereocenters. The fourth-order valence-electron chi connectivity index (χ4n) is 1.78. The molecule has 2 rings (SSSR count). The van der Waals surface area contributed by atoms with Gasteiger partial charge in [0, 0.05) is 18.5 Å². The zero-order valence-electron chi connectivity index (χ0n) is 10.3. The summed E-state index contributed by atoms with van der Waals surface area (Å²) in [6.45, 7) is 0.668. The standard InChI is InChI=1S/C13H13F3N2O/c1-17-6-5-12-11(8-18-19-12)9-3-2-4-10(7-9)13(14,15)16/h2-4,7-8,17H,5-6H2,1H3. The van der Waals surface area contributed by atoms with Gasteiger partial charge in [-0.25, -0.2) is 0 Å². The smallest absolute Gasteiger partial charge is 0.361 e. The van der Waals surface area contributed by atoms with Gasteiger partial charge in [0.15, 0.2) is 0 Å². The van der Waals surface area contributed by atoms with Crippen molar-refractivity contribution in [2.75, 3.05) is 13.6 Å². The van der Waals surface area contributed by atoms with Crippen LogP contribution in [0.15, 0.2) is 35.0 Å². The van der Waals surface area contributed by atoms with Crippen LogP contribution < -0.4 is 5.32 Å². The van der Waals surface area contributed by atoms with Gasteiger partial charge in [-0.05, 0) is 24.7 Å². The van der Waals surface area contributed by atoms with E-state index in [0.717, 1.165) is 12.1 Å². The molecule has 1 aromatic heterocycles. The Bertz CT molecular complexity index is 549. The van der Waals surface area contributed by atoms with Gasteiger partial charge in [-0.3, -0.25) is 0 Å². The third kappa shape index (κ3) is 3.14. The summed E-state index contributed by atoms with van der Waals surface area (Å²) in [6, 6.07) is 5.15. The van der Waals surface area contributed by atoms with Gasteiger partial charge < -0.3 is 9.84 Å². The van der Waals surface area contributed by atoms with Crippen LogP contribution in [0.25, 0.3) is 11.1 Å². The minimum atomic E-state index is -4.35. The van der Waals surface area contributed by atoms with E-state index in [0.29, 0.717) is 29.9 Å². The summed E-state index contributed by atoms with van der Waals surface area (Å²) < 4.78 is 43.1. The lowest BCUT2D eigenvalue weighted by atomic mass is 10.0. The molecule has 0 saturated heterocycles. The summed E-state index contributed by atoms with van der Waals surface area (Å²) in [4.78, 5) is 0. The molecule has 0 aliphatic rings. The van der Waals surface area contributed by atoms with E-state index in [1.54, 1.807) is 13.1 Å². The topological polar surface area (TPSA) is 38.1 Å². The highest BCUT2D eigenvalue weighted by atomic mass is 19.4. The summed E-state index contributed by atoms with van der Waals surface area (Å²) in [7, 11) is 1.79. The first-order valence-electron chi connectivity index (χ1n) is 5.78. The molecule has 6 heteroatoms. The van der Waals surface area contributed by atoms with E-state index in [2.05, 4.69) is 10.5 Å². The lowest BCUT2D eigenvalue weighted by molar-refractivity contribution is -0.137. The molecule has 0 aliphatic carbocycles. The van der Waals surface area contributed by atoms with Crippen LogP contribution in [0.2, 0.25) is 0 Å². The van der Waals surface area contributed by atoms with Gasteiger partial charge in [0.05, 0.1) is 11.8 Å². The van der Waals surface area contributed by atoms with E-state index in [9.17, 15) is 13.2 Å². The van der Waals surface area contributed by atoms with Gasteiger partial charge >= 0.3 is 6.18 Å². The zero-order valence-corrected chi connectivity index (χ0v) is 10.3. The average Bonchev–Trinajstić information content (AvgIpc) is 2.83. The quantitative estimate of drug-likeness (QED) is 0.927. The van der Waals surface area contributed by atoms with Gasteiger partial charge in [0.2, 0.25) is 0 Å². The van der Waals surface area contributed by atoms with E-state index in [1.807, 2.05) is 0 Å². The fourth-order valence-corrected chi connectivity index (χ4v) is 1.78. The van der Waals surface area contributed by atoms with Gasteiger partial charge in [-0.15, -0.1) is 0 Å². The van der Waals surface area contributed by atoms with Crippen molar-refractivity contribution in [3.63, 3.8) is 0 Å². The van der Waals surface area contributed by atoms with Gasteiger partial charge in [-0.1, -0.05) is 17.3 Å².